The van der Waals surface area contributed by atoms with Gasteiger partial charge in [-0.25, -0.2) is 9.59 Å². The molecule has 0 unspecified atom stereocenters. The van der Waals surface area contributed by atoms with Crippen LogP contribution in [0.5, 0.6) is 0 Å². The fourth-order valence-electron chi connectivity index (χ4n) is 2.74. The van der Waals surface area contributed by atoms with Gasteiger partial charge < -0.3 is 20.3 Å². The molecule has 1 aromatic carbocycles. The maximum Gasteiger partial charge on any atom is 0.407 e. The average Bonchev–Trinajstić information content (AvgIpc) is 2.58. The van der Waals surface area contributed by atoms with Crippen LogP contribution >= 0.6 is 0 Å². The minimum Gasteiger partial charge on any atom is -0.444 e. The van der Waals surface area contributed by atoms with Crippen molar-refractivity contribution in [2.45, 2.75) is 51.8 Å². The van der Waals surface area contributed by atoms with Crippen LogP contribution < -0.4 is 10.6 Å². The summed E-state index contributed by atoms with van der Waals surface area (Å²) in [6.07, 6.45) is 1.19. The van der Waals surface area contributed by atoms with Crippen molar-refractivity contribution in [2.24, 2.45) is 0 Å². The third-order valence-corrected chi connectivity index (χ3v) is 3.96. The lowest BCUT2D eigenvalue weighted by Crippen LogP contribution is -2.52. The maximum absolute atomic E-state index is 12.4. The highest BCUT2D eigenvalue weighted by molar-refractivity contribution is 5.74. The molecular weight excluding hydrogens is 332 g/mol. The van der Waals surface area contributed by atoms with Gasteiger partial charge in [0, 0.05) is 25.7 Å². The Morgan fingerprint density at radius 2 is 2.00 bits per heavy atom. The SMILES string of the molecule is CC(C)(C)OC(=O)N[C@@H]1CCCN(C(=O)NCc2ccc(C#N)cc2)C1. The highest BCUT2D eigenvalue weighted by Gasteiger charge is 2.26. The van der Waals surface area contributed by atoms with Gasteiger partial charge in [0.25, 0.3) is 0 Å². The predicted octanol–water partition coefficient (Wildman–Crippen LogP) is 2.76. The second kappa shape index (κ2) is 8.56. The van der Waals surface area contributed by atoms with Crippen molar-refractivity contribution < 1.29 is 14.3 Å². The molecule has 1 saturated heterocycles. The van der Waals surface area contributed by atoms with E-state index in [1.54, 1.807) is 17.0 Å². The highest BCUT2D eigenvalue weighted by Crippen LogP contribution is 2.13. The van der Waals surface area contributed by atoms with E-state index in [9.17, 15) is 9.59 Å². The summed E-state index contributed by atoms with van der Waals surface area (Å²) in [6.45, 7) is 6.96. The van der Waals surface area contributed by atoms with Gasteiger partial charge in [-0.2, -0.15) is 5.26 Å². The molecule has 1 aliphatic heterocycles. The Balaban J connectivity index is 1.81. The number of urea groups is 1. The molecule has 3 amide bonds. The van der Waals surface area contributed by atoms with Gasteiger partial charge in [-0.05, 0) is 51.3 Å². The molecule has 7 nitrogen and oxygen atoms in total. The van der Waals surface area contributed by atoms with Crippen LogP contribution in [0, 0.1) is 11.3 Å². The number of carbonyl (C=O) groups is 2. The third-order valence-electron chi connectivity index (χ3n) is 3.96. The fraction of sp³-hybridized carbons (Fsp3) is 0.526. The molecule has 0 spiro atoms. The summed E-state index contributed by atoms with van der Waals surface area (Å²) < 4.78 is 5.27. The molecule has 26 heavy (non-hydrogen) atoms. The lowest BCUT2D eigenvalue weighted by atomic mass is 10.1. The zero-order valence-electron chi connectivity index (χ0n) is 15.5. The van der Waals surface area contributed by atoms with E-state index in [1.807, 2.05) is 32.9 Å². The van der Waals surface area contributed by atoms with Crippen molar-refractivity contribution in [3.05, 3.63) is 35.4 Å². The molecule has 0 saturated carbocycles. The number of rotatable bonds is 3. The van der Waals surface area contributed by atoms with Crippen LogP contribution in [-0.4, -0.2) is 41.8 Å². The minimum atomic E-state index is -0.545. The number of carbonyl (C=O) groups excluding carboxylic acids is 2. The van der Waals surface area contributed by atoms with Crippen molar-refractivity contribution in [2.75, 3.05) is 13.1 Å². The second-order valence-electron chi connectivity index (χ2n) is 7.40. The molecule has 1 aromatic rings. The van der Waals surface area contributed by atoms with Crippen molar-refractivity contribution in [1.82, 2.24) is 15.5 Å². The molecule has 0 radical (unpaired) electrons. The molecule has 2 rings (SSSR count). The number of ether oxygens (including phenoxy) is 1. The maximum atomic E-state index is 12.4. The van der Waals surface area contributed by atoms with Crippen molar-refractivity contribution >= 4 is 12.1 Å². The monoisotopic (exact) mass is 358 g/mol. The Kier molecular flexibility index (Phi) is 6.45. The number of likely N-dealkylation sites (tertiary alicyclic amines) is 1. The van der Waals surface area contributed by atoms with Gasteiger partial charge in [0.1, 0.15) is 5.60 Å². The number of benzene rings is 1. The van der Waals surface area contributed by atoms with Crippen molar-refractivity contribution in [3.63, 3.8) is 0 Å². The molecule has 1 aliphatic rings. The summed E-state index contributed by atoms with van der Waals surface area (Å²) in [6, 6.07) is 8.88. The Labute approximate surface area is 154 Å². The molecule has 140 valence electrons. The summed E-state index contributed by atoms with van der Waals surface area (Å²) in [5.74, 6) is 0. The van der Waals surface area contributed by atoms with Crippen LogP contribution in [0.2, 0.25) is 0 Å². The Morgan fingerprint density at radius 3 is 2.62 bits per heavy atom. The van der Waals surface area contributed by atoms with E-state index >= 15 is 0 Å². The van der Waals surface area contributed by atoms with E-state index in [1.165, 1.54) is 0 Å². The molecule has 0 aliphatic carbocycles. The second-order valence-corrected chi connectivity index (χ2v) is 7.40. The van der Waals surface area contributed by atoms with Crippen molar-refractivity contribution in [1.29, 1.82) is 5.26 Å². The lowest BCUT2D eigenvalue weighted by molar-refractivity contribution is 0.0479. The smallest absolute Gasteiger partial charge is 0.407 e. The van der Waals surface area contributed by atoms with Gasteiger partial charge in [-0.3, -0.25) is 0 Å². The summed E-state index contributed by atoms with van der Waals surface area (Å²) in [5.41, 5.74) is 0.974. The van der Waals surface area contributed by atoms with Gasteiger partial charge in [0.2, 0.25) is 0 Å². The van der Waals surface area contributed by atoms with Gasteiger partial charge in [-0.1, -0.05) is 12.1 Å². The summed E-state index contributed by atoms with van der Waals surface area (Å²) in [4.78, 5) is 26.0. The van der Waals surface area contributed by atoms with Crippen LogP contribution in [0.4, 0.5) is 9.59 Å². The topological polar surface area (TPSA) is 94.5 Å². The largest absolute Gasteiger partial charge is 0.444 e. The Morgan fingerprint density at radius 1 is 1.31 bits per heavy atom. The van der Waals surface area contributed by atoms with E-state index in [0.717, 1.165) is 18.4 Å². The van der Waals surface area contributed by atoms with Crippen LogP contribution in [0.3, 0.4) is 0 Å². The number of nitriles is 1. The number of nitrogens with one attached hydrogen (secondary N) is 2. The van der Waals surface area contributed by atoms with Crippen LogP contribution in [0.25, 0.3) is 0 Å². The third kappa shape index (κ3) is 6.28. The van der Waals surface area contributed by atoms with Gasteiger partial charge in [0.05, 0.1) is 11.6 Å². The minimum absolute atomic E-state index is 0.112. The van der Waals surface area contributed by atoms with E-state index < -0.39 is 11.7 Å². The number of amides is 3. The summed E-state index contributed by atoms with van der Waals surface area (Å²) >= 11 is 0. The molecule has 0 aromatic heterocycles. The molecule has 1 atom stereocenters. The summed E-state index contributed by atoms with van der Waals surface area (Å²) in [5, 5.41) is 14.5. The van der Waals surface area contributed by atoms with Gasteiger partial charge >= 0.3 is 12.1 Å². The summed E-state index contributed by atoms with van der Waals surface area (Å²) in [7, 11) is 0. The molecule has 1 heterocycles. The van der Waals surface area contributed by atoms with Crippen LogP contribution in [0.15, 0.2) is 24.3 Å². The number of alkyl carbamates (subject to hydrolysis) is 1. The van der Waals surface area contributed by atoms with E-state index in [-0.39, 0.29) is 12.1 Å². The average molecular weight is 358 g/mol. The molecule has 2 N–H and O–H groups in total. The van der Waals surface area contributed by atoms with E-state index in [0.29, 0.717) is 25.2 Å². The zero-order valence-corrected chi connectivity index (χ0v) is 15.5. The van der Waals surface area contributed by atoms with E-state index in [2.05, 4.69) is 16.7 Å². The van der Waals surface area contributed by atoms with Gasteiger partial charge in [0.15, 0.2) is 0 Å². The molecule has 7 heteroatoms. The zero-order chi connectivity index (χ0) is 19.2. The first-order valence-electron chi connectivity index (χ1n) is 8.78. The van der Waals surface area contributed by atoms with E-state index in [4.69, 9.17) is 10.00 Å². The van der Waals surface area contributed by atoms with Crippen LogP contribution in [0.1, 0.15) is 44.7 Å². The normalized spacial score (nSPS) is 17.2. The lowest BCUT2D eigenvalue weighted by Gasteiger charge is -2.33. The van der Waals surface area contributed by atoms with Crippen LogP contribution in [-0.2, 0) is 11.3 Å². The molecular formula is C19H26N4O3. The highest BCUT2D eigenvalue weighted by atomic mass is 16.6. The number of hydrogen-bond acceptors (Lipinski definition) is 4. The quantitative estimate of drug-likeness (QED) is 0.868. The standard InChI is InChI=1S/C19H26N4O3/c1-19(2,3)26-18(25)22-16-5-4-10-23(13-16)17(24)21-12-15-8-6-14(11-20)7-9-15/h6-9,16H,4-5,10,12-13H2,1-3H3,(H,21,24)(H,22,25)/t16-/m1/s1. The van der Waals surface area contributed by atoms with Gasteiger partial charge in [-0.15, -0.1) is 0 Å². The first-order chi connectivity index (χ1) is 12.3. The Hall–Kier alpha value is -2.75. The first-order valence-corrected chi connectivity index (χ1v) is 8.78. The predicted molar refractivity (Wildman–Crippen MR) is 97.4 cm³/mol. The first kappa shape index (κ1) is 19.6. The molecule has 0 bridgehead atoms. The molecule has 1 fully saturated rings. The fourth-order valence-corrected chi connectivity index (χ4v) is 2.74. The Bertz CT molecular complexity index is 674. The number of hydrogen-bond donors (Lipinski definition) is 2. The number of piperidine rings is 1. The van der Waals surface area contributed by atoms with Crippen molar-refractivity contribution in [3.8, 4) is 6.07 Å². The number of nitrogens with zero attached hydrogens (tertiary/aromatic N) is 2.